The highest BCUT2D eigenvalue weighted by atomic mass is 32.2. The highest BCUT2D eigenvalue weighted by Gasteiger charge is 2.62. The van der Waals surface area contributed by atoms with Gasteiger partial charge in [-0.05, 0) is 62.1 Å². The summed E-state index contributed by atoms with van der Waals surface area (Å²) < 4.78 is 51.3. The highest BCUT2D eigenvalue weighted by molar-refractivity contribution is 7.91. The summed E-state index contributed by atoms with van der Waals surface area (Å²) in [5, 5.41) is 10.7. The predicted molar refractivity (Wildman–Crippen MR) is 199 cm³/mol. The summed E-state index contributed by atoms with van der Waals surface area (Å²) in [5.74, 6) is -3.60. The minimum absolute atomic E-state index is 0.000860. The van der Waals surface area contributed by atoms with Crippen LogP contribution in [0, 0.1) is 11.7 Å². The highest BCUT2D eigenvalue weighted by Crippen LogP contribution is 2.46. The molecule has 3 fully saturated rings. The molecule has 4 amide bonds. The lowest BCUT2D eigenvalue weighted by atomic mass is 10.0. The van der Waals surface area contributed by atoms with Gasteiger partial charge in [0.2, 0.25) is 27.7 Å². The molecule has 2 aliphatic carbocycles. The van der Waals surface area contributed by atoms with E-state index in [4.69, 9.17) is 4.74 Å². The molecule has 0 radical (unpaired) electrons. The molecule has 0 spiro atoms. The molecule has 4 heterocycles. The van der Waals surface area contributed by atoms with Crippen molar-refractivity contribution in [3.05, 3.63) is 78.4 Å². The van der Waals surface area contributed by atoms with E-state index in [1.54, 1.807) is 37.5 Å². The molecule has 2 aliphatic heterocycles. The fraction of sp³-hybridized carbons (Fsp3) is 0.436. The van der Waals surface area contributed by atoms with Crippen LogP contribution in [0.2, 0.25) is 0 Å². The number of rotatable bonds is 7. The number of carbonyl (C=O) groups excluding carboxylic acids is 4. The molecule has 288 valence electrons. The van der Waals surface area contributed by atoms with Gasteiger partial charge in [0.15, 0.2) is 0 Å². The molecule has 0 unspecified atom stereocenters. The molecule has 1 saturated heterocycles. The maximum atomic E-state index is 15.5. The van der Waals surface area contributed by atoms with Crippen molar-refractivity contribution in [1.82, 2.24) is 35.0 Å². The van der Waals surface area contributed by atoms with Gasteiger partial charge < -0.3 is 20.3 Å². The number of fused-ring (bicyclic) bond motifs is 5. The van der Waals surface area contributed by atoms with Gasteiger partial charge in [-0.15, -0.1) is 0 Å². The van der Waals surface area contributed by atoms with Crippen molar-refractivity contribution in [2.45, 2.75) is 86.8 Å². The van der Waals surface area contributed by atoms with Crippen molar-refractivity contribution >= 4 is 55.3 Å². The largest absolute Gasteiger partial charge is 0.472 e. The number of pyridine rings is 1. The number of benzene rings is 2. The second-order valence-corrected chi connectivity index (χ2v) is 17.0. The number of aryl methyl sites for hydroxylation is 1. The Labute approximate surface area is 316 Å². The van der Waals surface area contributed by atoms with Gasteiger partial charge in [0.1, 0.15) is 35.2 Å². The number of carbonyl (C=O) groups is 4. The number of aromatic nitrogens is 3. The van der Waals surface area contributed by atoms with E-state index in [0.717, 1.165) is 18.2 Å². The Kier molecular flexibility index (Phi) is 9.55. The lowest BCUT2D eigenvalue weighted by Gasteiger charge is -2.29. The molecule has 0 bridgehead atoms. The van der Waals surface area contributed by atoms with E-state index in [2.05, 4.69) is 25.4 Å². The van der Waals surface area contributed by atoms with Gasteiger partial charge in [-0.2, -0.15) is 5.10 Å². The molecule has 2 aromatic carbocycles. The fourth-order valence-corrected chi connectivity index (χ4v) is 9.15. The Morgan fingerprint density at radius 1 is 1.02 bits per heavy atom. The van der Waals surface area contributed by atoms with Gasteiger partial charge in [0, 0.05) is 31.0 Å². The average Bonchev–Trinajstić information content (AvgIpc) is 4.05. The summed E-state index contributed by atoms with van der Waals surface area (Å²) in [6, 6.07) is 11.3. The third-order valence-corrected chi connectivity index (χ3v) is 12.8. The van der Waals surface area contributed by atoms with Gasteiger partial charge in [0.05, 0.1) is 22.7 Å². The first-order valence-corrected chi connectivity index (χ1v) is 20.3. The van der Waals surface area contributed by atoms with Crippen LogP contribution in [-0.4, -0.2) is 87.2 Å². The zero-order valence-electron chi connectivity index (χ0n) is 30.2. The van der Waals surface area contributed by atoms with Crippen LogP contribution in [0.1, 0.15) is 68.3 Å². The van der Waals surface area contributed by atoms with Gasteiger partial charge in [-0.1, -0.05) is 55.3 Å². The van der Waals surface area contributed by atoms with Crippen molar-refractivity contribution in [2.75, 3.05) is 6.54 Å². The predicted octanol–water partition coefficient (Wildman–Crippen LogP) is 3.41. The lowest BCUT2D eigenvalue weighted by Crippen LogP contribution is -2.58. The topological polar surface area (TPSA) is 182 Å². The molecule has 16 heteroatoms. The zero-order chi connectivity index (χ0) is 38.5. The number of allylic oxidation sites excluding steroid dienone is 1. The fourth-order valence-electron chi connectivity index (χ4n) is 7.79. The Hall–Kier alpha value is -5.38. The molecule has 5 atom stereocenters. The van der Waals surface area contributed by atoms with Crippen LogP contribution in [-0.2, 0) is 31.5 Å². The number of para-hydroxylation sites is 1. The van der Waals surface area contributed by atoms with E-state index in [1.807, 2.05) is 24.3 Å². The molecule has 3 N–H and O–H groups in total. The summed E-state index contributed by atoms with van der Waals surface area (Å²) in [4.78, 5) is 62.1. The summed E-state index contributed by atoms with van der Waals surface area (Å²) >= 11 is 0. The van der Waals surface area contributed by atoms with Crippen LogP contribution < -0.4 is 20.1 Å². The molecule has 55 heavy (non-hydrogen) atoms. The Morgan fingerprint density at radius 2 is 1.82 bits per heavy atom. The number of nitrogens with one attached hydrogen (secondary N) is 3. The van der Waals surface area contributed by atoms with Crippen LogP contribution in [0.4, 0.5) is 4.39 Å². The van der Waals surface area contributed by atoms with Crippen molar-refractivity contribution < 1.29 is 36.7 Å². The minimum atomic E-state index is -3.92. The van der Waals surface area contributed by atoms with E-state index >= 15 is 4.39 Å². The van der Waals surface area contributed by atoms with Crippen molar-refractivity contribution in [1.29, 1.82) is 0 Å². The number of hydrogen-bond acceptors (Lipinski definition) is 9. The first-order valence-electron chi connectivity index (χ1n) is 18.7. The van der Waals surface area contributed by atoms with Crippen molar-refractivity contribution in [3.8, 4) is 5.88 Å². The quantitative estimate of drug-likeness (QED) is 0.187. The standard InChI is InChI=1S/C39H42FN7O7S/c1-46-19-18-30(44-46)34(48)41-31-15-6-4-2-3-5-10-23-21-39(23,38(51)45-55(52,53)25-16-17-25)43-35(49)32-20-24(22-47(32)37(31)50)54-36-33-27(12-9-13-28(33)40)26-11-7-8-14-29(26)42-36/h5,7-14,18-19,23-25,31-32H,2-4,6,15-17,20-22H2,1H3,(H,41,48)(H,43,49)(H,45,51)/b10-5-/t23-,24-,31+,32+,39-/m1/s1. The number of halogens is 1. The first-order chi connectivity index (χ1) is 26.4. The van der Waals surface area contributed by atoms with Crippen LogP contribution in [0.5, 0.6) is 5.88 Å². The average molecular weight is 772 g/mol. The smallest absolute Gasteiger partial charge is 0.272 e. The molecule has 14 nitrogen and oxygen atoms in total. The van der Waals surface area contributed by atoms with Crippen LogP contribution >= 0.6 is 0 Å². The third kappa shape index (κ3) is 7.26. The summed E-state index contributed by atoms with van der Waals surface area (Å²) in [6.07, 6.45) is 8.63. The summed E-state index contributed by atoms with van der Waals surface area (Å²) in [6.45, 7) is -0.115. The molecule has 8 rings (SSSR count). The minimum Gasteiger partial charge on any atom is -0.472 e. The molecule has 4 aliphatic rings. The van der Waals surface area contributed by atoms with Gasteiger partial charge in [0.25, 0.3) is 11.8 Å². The Balaban J connectivity index is 1.13. The van der Waals surface area contributed by atoms with Crippen molar-refractivity contribution in [3.63, 3.8) is 0 Å². The second-order valence-electron chi connectivity index (χ2n) is 15.0. The summed E-state index contributed by atoms with van der Waals surface area (Å²) in [7, 11) is -2.25. The van der Waals surface area contributed by atoms with E-state index in [0.29, 0.717) is 36.6 Å². The van der Waals surface area contributed by atoms with Crippen LogP contribution in [0.3, 0.4) is 0 Å². The normalized spacial score (nSPS) is 26.6. The SMILES string of the molecule is Cn1ccc(C(=O)N[C@H]2CCCCC/C=C\[C@@H]3C[C@@]3(C(=O)NS(=O)(=O)C3CC3)NC(=O)[C@@H]3C[C@@H](Oc4nc5ccccc5c5cccc(F)c45)CN3C2=O)n1. The number of hydrogen-bond donors (Lipinski definition) is 3. The van der Waals surface area contributed by atoms with E-state index in [9.17, 15) is 27.6 Å². The van der Waals surface area contributed by atoms with Gasteiger partial charge in [-0.3, -0.25) is 28.6 Å². The van der Waals surface area contributed by atoms with Gasteiger partial charge >= 0.3 is 0 Å². The summed E-state index contributed by atoms with van der Waals surface area (Å²) in [5.41, 5.74) is -0.857. The van der Waals surface area contributed by atoms with Crippen LogP contribution in [0.15, 0.2) is 66.9 Å². The Morgan fingerprint density at radius 3 is 2.60 bits per heavy atom. The van der Waals surface area contributed by atoms with E-state index in [-0.39, 0.29) is 42.8 Å². The molecule has 2 saturated carbocycles. The monoisotopic (exact) mass is 771 g/mol. The maximum Gasteiger partial charge on any atom is 0.272 e. The molecule has 2 aromatic heterocycles. The van der Waals surface area contributed by atoms with Gasteiger partial charge in [-0.25, -0.2) is 17.8 Å². The van der Waals surface area contributed by atoms with E-state index in [1.165, 1.54) is 21.7 Å². The molecular weight excluding hydrogens is 730 g/mol. The Bertz CT molecular complexity index is 2340. The maximum absolute atomic E-state index is 15.5. The third-order valence-electron chi connectivity index (χ3n) is 11.0. The number of sulfonamides is 1. The number of nitrogens with zero attached hydrogens (tertiary/aromatic N) is 4. The number of amides is 4. The van der Waals surface area contributed by atoms with Crippen molar-refractivity contribution in [2.24, 2.45) is 13.0 Å². The molecule has 4 aromatic rings. The number of ether oxygens (including phenoxy) is 1. The van der Waals surface area contributed by atoms with Crippen LogP contribution in [0.25, 0.3) is 21.7 Å². The molecular formula is C39H42FN7O7S. The lowest BCUT2D eigenvalue weighted by molar-refractivity contribution is -0.141. The first kappa shape index (κ1) is 36.6. The second kappa shape index (κ2) is 14.4. The van der Waals surface area contributed by atoms with E-state index < -0.39 is 74.4 Å². The zero-order valence-corrected chi connectivity index (χ0v) is 31.1.